The lowest BCUT2D eigenvalue weighted by molar-refractivity contribution is 0.0655. The first-order valence-electron chi connectivity index (χ1n) is 9.21. The Hall–Kier alpha value is -1.70. The van der Waals surface area contributed by atoms with Crippen molar-refractivity contribution in [3.63, 3.8) is 0 Å². The molecule has 1 atom stereocenters. The molecule has 0 spiro atoms. The first-order chi connectivity index (χ1) is 12.5. The van der Waals surface area contributed by atoms with E-state index < -0.39 is 9.84 Å². The molecule has 2 aromatic rings. The monoisotopic (exact) mass is 377 g/mol. The quantitative estimate of drug-likeness (QED) is 0.797. The van der Waals surface area contributed by atoms with Gasteiger partial charge in [-0.2, -0.15) is 0 Å². The Kier molecular flexibility index (Phi) is 6.11. The summed E-state index contributed by atoms with van der Waals surface area (Å²) in [6.07, 6.45) is 3.91. The van der Waals surface area contributed by atoms with E-state index in [9.17, 15) is 13.5 Å². The maximum absolute atomic E-state index is 12.5. The fraction of sp³-hybridized carbons (Fsp3) is 0.526. The number of rotatable bonds is 7. The zero-order chi connectivity index (χ0) is 18.6. The number of imidazole rings is 1. The molecular formula is C19H27N3O3S. The summed E-state index contributed by atoms with van der Waals surface area (Å²) in [7, 11) is -3.38. The lowest BCUT2D eigenvalue weighted by atomic mass is 10.1. The Morgan fingerprint density at radius 3 is 2.73 bits per heavy atom. The summed E-state index contributed by atoms with van der Waals surface area (Å²) in [5.41, 5.74) is 2.06. The Morgan fingerprint density at radius 1 is 1.27 bits per heavy atom. The highest BCUT2D eigenvalue weighted by Crippen LogP contribution is 2.19. The number of benzene rings is 1. The van der Waals surface area contributed by atoms with Gasteiger partial charge in [0.15, 0.2) is 0 Å². The van der Waals surface area contributed by atoms with Crippen LogP contribution in [-0.4, -0.2) is 52.9 Å². The number of nitrogens with zero attached hydrogens (tertiary/aromatic N) is 3. The highest BCUT2D eigenvalue weighted by molar-refractivity contribution is 7.91. The van der Waals surface area contributed by atoms with Crippen molar-refractivity contribution in [1.82, 2.24) is 14.5 Å². The molecule has 26 heavy (non-hydrogen) atoms. The Balaban J connectivity index is 1.83. The maximum Gasteiger partial charge on any atom is 0.227 e. The van der Waals surface area contributed by atoms with Crippen LogP contribution in [0.5, 0.6) is 0 Å². The van der Waals surface area contributed by atoms with Crippen molar-refractivity contribution in [3.8, 4) is 0 Å². The minimum Gasteiger partial charge on any atom is -0.392 e. The van der Waals surface area contributed by atoms with E-state index in [1.165, 1.54) is 5.56 Å². The van der Waals surface area contributed by atoms with Crippen LogP contribution in [0.3, 0.4) is 0 Å². The zero-order valence-electron chi connectivity index (χ0n) is 15.2. The SMILES string of the molecule is CCS(=O)(=O)c1ncc(CN2CCC[C@@H](O)C2)n1CCc1ccccc1. The summed E-state index contributed by atoms with van der Waals surface area (Å²) in [6.45, 7) is 4.37. The second-order valence-electron chi connectivity index (χ2n) is 6.85. The normalized spacial score (nSPS) is 18.9. The molecule has 0 aliphatic carbocycles. The third kappa shape index (κ3) is 4.52. The first-order valence-corrected chi connectivity index (χ1v) is 10.9. The zero-order valence-corrected chi connectivity index (χ0v) is 16.0. The van der Waals surface area contributed by atoms with Gasteiger partial charge >= 0.3 is 0 Å². The number of β-amino-alcohol motifs (C(OH)–C–C–N with tert-alkyl or cyclic N) is 1. The minimum atomic E-state index is -3.38. The van der Waals surface area contributed by atoms with E-state index in [-0.39, 0.29) is 17.0 Å². The number of aromatic nitrogens is 2. The predicted octanol–water partition coefficient (Wildman–Crippen LogP) is 1.88. The molecule has 0 amide bonds. The van der Waals surface area contributed by atoms with Crippen molar-refractivity contribution in [3.05, 3.63) is 47.8 Å². The molecule has 1 aromatic heterocycles. The van der Waals surface area contributed by atoms with Crippen LogP contribution in [0.15, 0.2) is 41.7 Å². The van der Waals surface area contributed by atoms with Crippen molar-refractivity contribution in [1.29, 1.82) is 0 Å². The average molecular weight is 378 g/mol. The first kappa shape index (κ1) is 19.1. The van der Waals surface area contributed by atoms with Gasteiger partial charge in [-0.3, -0.25) is 4.90 Å². The second kappa shape index (κ2) is 8.33. The molecule has 6 nitrogen and oxygen atoms in total. The molecule has 1 aliphatic rings. The van der Waals surface area contributed by atoms with Crippen molar-refractivity contribution in [2.45, 2.75) is 50.5 Å². The number of aryl methyl sites for hydroxylation is 1. The summed E-state index contributed by atoms with van der Waals surface area (Å²) in [5, 5.41) is 10.0. The molecule has 1 fully saturated rings. The summed E-state index contributed by atoms with van der Waals surface area (Å²) >= 11 is 0. The van der Waals surface area contributed by atoms with Crippen LogP contribution in [0.25, 0.3) is 0 Å². The van der Waals surface area contributed by atoms with Gasteiger partial charge < -0.3 is 9.67 Å². The van der Waals surface area contributed by atoms with Gasteiger partial charge in [0, 0.05) is 19.6 Å². The van der Waals surface area contributed by atoms with E-state index in [2.05, 4.69) is 9.88 Å². The summed E-state index contributed by atoms with van der Waals surface area (Å²) in [6, 6.07) is 10.0. The smallest absolute Gasteiger partial charge is 0.227 e. The number of hydrogen-bond donors (Lipinski definition) is 1. The third-order valence-electron chi connectivity index (χ3n) is 4.89. The van der Waals surface area contributed by atoms with E-state index in [0.717, 1.165) is 31.5 Å². The average Bonchev–Trinajstić information content (AvgIpc) is 3.04. The number of sulfone groups is 1. The molecular weight excluding hydrogens is 350 g/mol. The van der Waals surface area contributed by atoms with Gasteiger partial charge in [-0.25, -0.2) is 13.4 Å². The molecule has 142 valence electrons. The van der Waals surface area contributed by atoms with Crippen molar-refractivity contribution in [2.24, 2.45) is 0 Å². The van der Waals surface area contributed by atoms with Crippen molar-refractivity contribution in [2.75, 3.05) is 18.8 Å². The number of hydrogen-bond acceptors (Lipinski definition) is 5. The lowest BCUT2D eigenvalue weighted by Crippen LogP contribution is -2.38. The van der Waals surface area contributed by atoms with Gasteiger partial charge in [0.1, 0.15) is 0 Å². The summed E-state index contributed by atoms with van der Waals surface area (Å²) in [4.78, 5) is 6.41. The third-order valence-corrected chi connectivity index (χ3v) is 6.54. The number of aliphatic hydroxyl groups excluding tert-OH is 1. The van der Waals surface area contributed by atoms with Gasteiger partial charge in [0.2, 0.25) is 15.0 Å². The number of piperidine rings is 1. The van der Waals surface area contributed by atoms with E-state index in [1.54, 1.807) is 13.1 Å². The van der Waals surface area contributed by atoms with E-state index in [1.807, 2.05) is 34.9 Å². The highest BCUT2D eigenvalue weighted by atomic mass is 32.2. The van der Waals surface area contributed by atoms with Gasteiger partial charge in [-0.05, 0) is 31.4 Å². The molecule has 1 aliphatic heterocycles. The molecule has 0 unspecified atom stereocenters. The van der Waals surface area contributed by atoms with E-state index in [4.69, 9.17) is 0 Å². The van der Waals surface area contributed by atoms with Gasteiger partial charge in [0.05, 0.1) is 23.7 Å². The van der Waals surface area contributed by atoms with Gasteiger partial charge in [0.25, 0.3) is 0 Å². The number of aliphatic hydroxyl groups is 1. The van der Waals surface area contributed by atoms with Crippen LogP contribution in [-0.2, 0) is 29.3 Å². The maximum atomic E-state index is 12.5. The van der Waals surface area contributed by atoms with E-state index in [0.29, 0.717) is 19.6 Å². The summed E-state index contributed by atoms with van der Waals surface area (Å²) < 4.78 is 26.7. The lowest BCUT2D eigenvalue weighted by Gasteiger charge is -2.30. The topological polar surface area (TPSA) is 75.4 Å². The molecule has 0 saturated carbocycles. The van der Waals surface area contributed by atoms with E-state index >= 15 is 0 Å². The predicted molar refractivity (Wildman–Crippen MR) is 101 cm³/mol. The standard InChI is InChI=1S/C19H27N3O3S/c1-2-26(24,25)19-20-13-17(14-21-11-6-9-18(23)15-21)22(19)12-10-16-7-4-3-5-8-16/h3-5,7-8,13,18,23H,2,6,9-12,14-15H2,1H3/t18-/m1/s1. The number of likely N-dealkylation sites (tertiary alicyclic amines) is 1. The van der Waals surface area contributed by atoms with Crippen LogP contribution < -0.4 is 0 Å². The van der Waals surface area contributed by atoms with Crippen LogP contribution in [0, 0.1) is 0 Å². The highest BCUT2D eigenvalue weighted by Gasteiger charge is 2.24. The molecule has 7 heteroatoms. The minimum absolute atomic E-state index is 0.0389. The Labute approximate surface area is 155 Å². The largest absolute Gasteiger partial charge is 0.392 e. The Morgan fingerprint density at radius 2 is 2.04 bits per heavy atom. The van der Waals surface area contributed by atoms with Crippen molar-refractivity contribution < 1.29 is 13.5 Å². The van der Waals surface area contributed by atoms with Crippen LogP contribution in [0.4, 0.5) is 0 Å². The van der Waals surface area contributed by atoms with Crippen LogP contribution in [0.2, 0.25) is 0 Å². The molecule has 2 heterocycles. The fourth-order valence-corrected chi connectivity index (χ4v) is 4.44. The molecule has 0 radical (unpaired) electrons. The fourth-order valence-electron chi connectivity index (χ4n) is 3.42. The molecule has 1 N–H and O–H groups in total. The van der Waals surface area contributed by atoms with Crippen LogP contribution in [0.1, 0.15) is 31.0 Å². The van der Waals surface area contributed by atoms with Gasteiger partial charge in [-0.1, -0.05) is 37.3 Å². The Bertz CT molecular complexity index is 818. The van der Waals surface area contributed by atoms with Crippen LogP contribution >= 0.6 is 0 Å². The summed E-state index contributed by atoms with van der Waals surface area (Å²) in [5.74, 6) is 0.0389. The molecule has 0 bridgehead atoms. The molecule has 1 saturated heterocycles. The molecule has 1 aromatic carbocycles. The van der Waals surface area contributed by atoms with Crippen molar-refractivity contribution >= 4 is 9.84 Å². The molecule has 3 rings (SSSR count). The second-order valence-corrected chi connectivity index (χ2v) is 9.03. The van der Waals surface area contributed by atoms with Gasteiger partial charge in [-0.15, -0.1) is 0 Å².